The Hall–Kier alpha value is -0.770. The zero-order valence-electron chi connectivity index (χ0n) is 12.1. The minimum absolute atomic E-state index is 0.637. The molecule has 0 saturated carbocycles. The predicted molar refractivity (Wildman–Crippen MR) is 83.1 cm³/mol. The lowest BCUT2D eigenvalue weighted by atomic mass is 10.1. The van der Waals surface area contributed by atoms with Crippen molar-refractivity contribution in [1.29, 1.82) is 0 Å². The second kappa shape index (κ2) is 6.60. The Balaban J connectivity index is 2.12. The van der Waals surface area contributed by atoms with Gasteiger partial charge in [-0.15, -0.1) is 0 Å². The van der Waals surface area contributed by atoms with Gasteiger partial charge in [0.05, 0.1) is 0 Å². The molecule has 0 atom stereocenters. The lowest BCUT2D eigenvalue weighted by molar-refractivity contribution is 0.209. The van der Waals surface area contributed by atoms with Gasteiger partial charge in [0.2, 0.25) is 0 Å². The molecule has 1 fully saturated rings. The highest BCUT2D eigenvalue weighted by Crippen LogP contribution is 2.26. The van der Waals surface area contributed by atoms with E-state index in [9.17, 15) is 0 Å². The normalized spacial score (nSPS) is 17.2. The van der Waals surface area contributed by atoms with E-state index in [4.69, 9.17) is 11.6 Å². The Labute approximate surface area is 121 Å². The lowest BCUT2D eigenvalue weighted by Gasteiger charge is -2.39. The number of anilines is 1. The Morgan fingerprint density at radius 1 is 1.21 bits per heavy atom. The summed E-state index contributed by atoms with van der Waals surface area (Å²) in [6.07, 6.45) is 0. The third kappa shape index (κ3) is 3.62. The molecule has 0 unspecified atom stereocenters. The number of rotatable bonds is 4. The molecule has 0 spiro atoms. The summed E-state index contributed by atoms with van der Waals surface area (Å²) in [4.78, 5) is 4.98. The zero-order chi connectivity index (χ0) is 13.8. The topological polar surface area (TPSA) is 18.5 Å². The molecule has 0 bridgehead atoms. The second-order valence-electron chi connectivity index (χ2n) is 5.42. The maximum Gasteiger partial charge on any atom is 0.0427 e. The second-order valence-corrected chi connectivity index (χ2v) is 5.86. The summed E-state index contributed by atoms with van der Waals surface area (Å²) in [6, 6.07) is 6.84. The van der Waals surface area contributed by atoms with E-state index in [1.807, 2.05) is 13.1 Å². The van der Waals surface area contributed by atoms with Crippen LogP contribution in [-0.4, -0.2) is 44.2 Å². The maximum absolute atomic E-state index is 6.16. The Morgan fingerprint density at radius 3 is 2.47 bits per heavy atom. The molecule has 0 radical (unpaired) electrons. The monoisotopic (exact) mass is 281 g/mol. The van der Waals surface area contributed by atoms with Crippen molar-refractivity contribution in [2.24, 2.45) is 0 Å². The van der Waals surface area contributed by atoms with E-state index in [1.165, 1.54) is 11.3 Å². The fourth-order valence-corrected chi connectivity index (χ4v) is 2.82. The Kier molecular flexibility index (Phi) is 5.08. The molecule has 1 aromatic rings. The van der Waals surface area contributed by atoms with Gasteiger partial charge in [-0.3, -0.25) is 4.90 Å². The highest BCUT2D eigenvalue weighted by Gasteiger charge is 2.20. The maximum atomic E-state index is 6.16. The molecule has 2 rings (SSSR count). The summed E-state index contributed by atoms with van der Waals surface area (Å²) >= 11 is 6.16. The van der Waals surface area contributed by atoms with Gasteiger partial charge in [-0.2, -0.15) is 0 Å². The van der Waals surface area contributed by atoms with Crippen LogP contribution in [-0.2, 0) is 6.54 Å². The van der Waals surface area contributed by atoms with E-state index in [0.29, 0.717) is 6.04 Å². The fraction of sp³-hybridized carbons (Fsp3) is 0.600. The molecule has 1 aliphatic heterocycles. The third-order valence-corrected chi connectivity index (χ3v) is 4.03. The first kappa shape index (κ1) is 14.6. The van der Waals surface area contributed by atoms with Crippen molar-refractivity contribution in [2.45, 2.75) is 26.4 Å². The molecule has 1 saturated heterocycles. The molecule has 3 nitrogen and oxygen atoms in total. The van der Waals surface area contributed by atoms with Crippen LogP contribution < -0.4 is 10.2 Å². The number of hydrogen-bond acceptors (Lipinski definition) is 3. The van der Waals surface area contributed by atoms with Crippen LogP contribution in [0.15, 0.2) is 18.2 Å². The minimum Gasteiger partial charge on any atom is -0.369 e. The smallest absolute Gasteiger partial charge is 0.0427 e. The molecule has 1 N–H and O–H groups in total. The van der Waals surface area contributed by atoms with Crippen molar-refractivity contribution in [1.82, 2.24) is 10.2 Å². The third-order valence-electron chi connectivity index (χ3n) is 3.80. The standard InChI is InChI=1S/C15H24ClN3/c1-12(2)18-6-8-19(9-7-18)15-10-14(16)5-4-13(15)11-17-3/h4-5,10,12,17H,6-9,11H2,1-3H3. The van der Waals surface area contributed by atoms with E-state index in [0.717, 1.165) is 37.7 Å². The van der Waals surface area contributed by atoms with Crippen LogP contribution in [0, 0.1) is 0 Å². The molecule has 0 aliphatic carbocycles. The first-order chi connectivity index (χ1) is 9.11. The number of benzene rings is 1. The van der Waals surface area contributed by atoms with Gasteiger partial charge >= 0.3 is 0 Å². The quantitative estimate of drug-likeness (QED) is 0.915. The summed E-state index contributed by atoms with van der Waals surface area (Å²) in [5, 5.41) is 4.05. The predicted octanol–water partition coefficient (Wildman–Crippen LogP) is 2.59. The van der Waals surface area contributed by atoms with Crippen molar-refractivity contribution in [3.05, 3.63) is 28.8 Å². The first-order valence-corrected chi connectivity index (χ1v) is 7.41. The molecule has 1 aromatic carbocycles. The molecule has 0 amide bonds. The SMILES string of the molecule is CNCc1ccc(Cl)cc1N1CCN(C(C)C)CC1. The van der Waals surface area contributed by atoms with Crippen molar-refractivity contribution in [2.75, 3.05) is 38.1 Å². The van der Waals surface area contributed by atoms with Crippen LogP contribution in [0.1, 0.15) is 19.4 Å². The largest absolute Gasteiger partial charge is 0.369 e. The van der Waals surface area contributed by atoms with Gasteiger partial charge in [-0.25, -0.2) is 0 Å². The number of nitrogens with zero attached hydrogens (tertiary/aromatic N) is 2. The van der Waals surface area contributed by atoms with E-state index >= 15 is 0 Å². The van der Waals surface area contributed by atoms with Crippen LogP contribution in [0.3, 0.4) is 0 Å². The average molecular weight is 282 g/mol. The Bertz CT molecular complexity index is 412. The molecule has 1 aliphatic rings. The summed E-state index contributed by atoms with van der Waals surface area (Å²) in [5.74, 6) is 0. The lowest BCUT2D eigenvalue weighted by Crippen LogP contribution is -2.49. The number of nitrogens with one attached hydrogen (secondary N) is 1. The average Bonchev–Trinajstić information content (AvgIpc) is 2.41. The van der Waals surface area contributed by atoms with Gasteiger partial charge in [0.25, 0.3) is 0 Å². The summed E-state index contributed by atoms with van der Waals surface area (Å²) in [7, 11) is 1.98. The van der Waals surface area contributed by atoms with Crippen LogP contribution in [0.4, 0.5) is 5.69 Å². The van der Waals surface area contributed by atoms with Crippen molar-refractivity contribution < 1.29 is 0 Å². The molecule has 19 heavy (non-hydrogen) atoms. The van der Waals surface area contributed by atoms with E-state index in [1.54, 1.807) is 0 Å². The van der Waals surface area contributed by atoms with Gasteiger partial charge in [0.15, 0.2) is 0 Å². The summed E-state index contributed by atoms with van der Waals surface area (Å²) < 4.78 is 0. The molecule has 1 heterocycles. The Morgan fingerprint density at radius 2 is 1.89 bits per heavy atom. The van der Waals surface area contributed by atoms with Crippen LogP contribution in [0.5, 0.6) is 0 Å². The van der Waals surface area contributed by atoms with Gasteiger partial charge < -0.3 is 10.2 Å². The summed E-state index contributed by atoms with van der Waals surface area (Å²) in [5.41, 5.74) is 2.61. The number of piperazine rings is 1. The van der Waals surface area contributed by atoms with E-state index in [2.05, 4.69) is 41.1 Å². The molecular formula is C15H24ClN3. The van der Waals surface area contributed by atoms with E-state index in [-0.39, 0.29) is 0 Å². The highest BCUT2D eigenvalue weighted by molar-refractivity contribution is 6.30. The highest BCUT2D eigenvalue weighted by atomic mass is 35.5. The van der Waals surface area contributed by atoms with Crippen LogP contribution >= 0.6 is 11.6 Å². The van der Waals surface area contributed by atoms with Crippen molar-refractivity contribution >= 4 is 17.3 Å². The minimum atomic E-state index is 0.637. The molecule has 4 heteroatoms. The number of halogens is 1. The van der Waals surface area contributed by atoms with Gasteiger partial charge in [-0.1, -0.05) is 17.7 Å². The molecular weight excluding hydrogens is 258 g/mol. The van der Waals surface area contributed by atoms with Crippen molar-refractivity contribution in [3.63, 3.8) is 0 Å². The van der Waals surface area contributed by atoms with Crippen LogP contribution in [0.25, 0.3) is 0 Å². The van der Waals surface area contributed by atoms with Crippen LogP contribution in [0.2, 0.25) is 5.02 Å². The first-order valence-electron chi connectivity index (χ1n) is 7.04. The summed E-state index contributed by atoms with van der Waals surface area (Å²) in [6.45, 7) is 9.83. The van der Waals surface area contributed by atoms with Gasteiger partial charge in [0, 0.05) is 49.5 Å². The number of hydrogen-bond donors (Lipinski definition) is 1. The van der Waals surface area contributed by atoms with Gasteiger partial charge in [0.1, 0.15) is 0 Å². The molecule has 106 valence electrons. The zero-order valence-corrected chi connectivity index (χ0v) is 12.9. The van der Waals surface area contributed by atoms with Gasteiger partial charge in [-0.05, 0) is 38.6 Å². The van der Waals surface area contributed by atoms with E-state index < -0.39 is 0 Å². The van der Waals surface area contributed by atoms with Crippen molar-refractivity contribution in [3.8, 4) is 0 Å². The molecule has 0 aromatic heterocycles. The fourth-order valence-electron chi connectivity index (χ4n) is 2.65.